The van der Waals surface area contributed by atoms with E-state index < -0.39 is 0 Å². The Labute approximate surface area is 102 Å². The Morgan fingerprint density at radius 3 is 2.76 bits per heavy atom. The average Bonchev–Trinajstić information content (AvgIpc) is 2.64. The number of nitrogen functional groups attached to an aromatic ring is 1. The predicted octanol–water partition coefficient (Wildman–Crippen LogP) is 3.02. The summed E-state index contributed by atoms with van der Waals surface area (Å²) >= 11 is 0. The van der Waals surface area contributed by atoms with Crippen LogP contribution in [0.2, 0.25) is 0 Å². The standard InChI is InChI=1S/C14H19N3/c1-4-6-12-9-14(15)17(16-12)13-8-5-7-10(2)11(13)3/h5,7-9H,4,6,15H2,1-3H3. The molecule has 0 aliphatic heterocycles. The van der Waals surface area contributed by atoms with Gasteiger partial charge in [0.15, 0.2) is 0 Å². The zero-order valence-corrected chi connectivity index (χ0v) is 10.7. The number of benzene rings is 1. The van der Waals surface area contributed by atoms with Gasteiger partial charge < -0.3 is 5.73 Å². The van der Waals surface area contributed by atoms with Crippen molar-refractivity contribution in [2.24, 2.45) is 0 Å². The van der Waals surface area contributed by atoms with E-state index in [1.54, 1.807) is 0 Å². The van der Waals surface area contributed by atoms with Crippen LogP contribution in [-0.2, 0) is 6.42 Å². The molecule has 1 aromatic heterocycles. The molecule has 90 valence electrons. The van der Waals surface area contributed by atoms with Gasteiger partial charge in [0, 0.05) is 6.07 Å². The minimum atomic E-state index is 0.710. The van der Waals surface area contributed by atoms with Gasteiger partial charge in [0.25, 0.3) is 0 Å². The fraction of sp³-hybridized carbons (Fsp3) is 0.357. The van der Waals surface area contributed by atoms with Crippen molar-refractivity contribution in [1.29, 1.82) is 0 Å². The third-order valence-electron chi connectivity index (χ3n) is 3.10. The second-order valence-electron chi connectivity index (χ2n) is 4.44. The van der Waals surface area contributed by atoms with Crippen LogP contribution in [-0.4, -0.2) is 9.78 Å². The Bertz CT molecular complexity index is 526. The van der Waals surface area contributed by atoms with Crippen LogP contribution in [0.1, 0.15) is 30.2 Å². The molecule has 0 spiro atoms. The largest absolute Gasteiger partial charge is 0.384 e. The zero-order chi connectivity index (χ0) is 12.4. The molecule has 0 saturated carbocycles. The molecule has 2 aromatic rings. The third kappa shape index (κ3) is 2.18. The summed E-state index contributed by atoms with van der Waals surface area (Å²) in [6, 6.07) is 8.16. The Kier molecular flexibility index (Phi) is 3.18. The van der Waals surface area contributed by atoms with Crippen LogP contribution in [0.25, 0.3) is 5.69 Å². The Morgan fingerprint density at radius 1 is 1.29 bits per heavy atom. The van der Waals surface area contributed by atoms with Crippen LogP contribution < -0.4 is 5.73 Å². The van der Waals surface area contributed by atoms with Crippen molar-refractivity contribution in [2.75, 3.05) is 5.73 Å². The second kappa shape index (κ2) is 4.62. The Balaban J connectivity index is 2.49. The zero-order valence-electron chi connectivity index (χ0n) is 10.7. The Hall–Kier alpha value is -1.77. The molecule has 3 nitrogen and oxygen atoms in total. The first-order valence-corrected chi connectivity index (χ1v) is 6.04. The van der Waals surface area contributed by atoms with Gasteiger partial charge >= 0.3 is 0 Å². The molecule has 0 unspecified atom stereocenters. The molecule has 0 fully saturated rings. The highest BCUT2D eigenvalue weighted by atomic mass is 15.3. The highest BCUT2D eigenvalue weighted by molar-refractivity contribution is 5.49. The summed E-state index contributed by atoms with van der Waals surface area (Å²) in [6.45, 7) is 6.35. The number of rotatable bonds is 3. The normalized spacial score (nSPS) is 10.8. The highest BCUT2D eigenvalue weighted by Gasteiger charge is 2.09. The van der Waals surface area contributed by atoms with Gasteiger partial charge in [-0.25, -0.2) is 4.68 Å². The van der Waals surface area contributed by atoms with Crippen molar-refractivity contribution in [2.45, 2.75) is 33.6 Å². The van der Waals surface area contributed by atoms with E-state index in [2.05, 4.69) is 38.0 Å². The van der Waals surface area contributed by atoms with Gasteiger partial charge in [-0.15, -0.1) is 0 Å². The maximum absolute atomic E-state index is 6.02. The SMILES string of the molecule is CCCc1cc(N)n(-c2cccc(C)c2C)n1. The molecule has 2 rings (SSSR count). The van der Waals surface area contributed by atoms with Crippen molar-refractivity contribution in [3.8, 4) is 5.69 Å². The molecule has 0 aliphatic carbocycles. The highest BCUT2D eigenvalue weighted by Crippen LogP contribution is 2.21. The van der Waals surface area contributed by atoms with Gasteiger partial charge in [-0.2, -0.15) is 5.10 Å². The van der Waals surface area contributed by atoms with Crippen LogP contribution in [0.15, 0.2) is 24.3 Å². The first kappa shape index (κ1) is 11.7. The van der Waals surface area contributed by atoms with Crippen LogP contribution in [0.4, 0.5) is 5.82 Å². The minimum Gasteiger partial charge on any atom is -0.384 e. The van der Waals surface area contributed by atoms with Crippen molar-refractivity contribution < 1.29 is 0 Å². The lowest BCUT2D eigenvalue weighted by molar-refractivity contribution is 0.807. The maximum atomic E-state index is 6.02. The van der Waals surface area contributed by atoms with E-state index >= 15 is 0 Å². The molecular weight excluding hydrogens is 210 g/mol. The molecule has 0 atom stereocenters. The van der Waals surface area contributed by atoms with Crippen molar-refractivity contribution in [3.63, 3.8) is 0 Å². The van der Waals surface area contributed by atoms with Gasteiger partial charge in [-0.05, 0) is 37.5 Å². The molecular formula is C14H19N3. The van der Waals surface area contributed by atoms with Crippen LogP contribution in [0, 0.1) is 13.8 Å². The van der Waals surface area contributed by atoms with E-state index in [9.17, 15) is 0 Å². The van der Waals surface area contributed by atoms with Crippen LogP contribution in [0.5, 0.6) is 0 Å². The van der Waals surface area contributed by atoms with E-state index in [1.165, 1.54) is 11.1 Å². The van der Waals surface area contributed by atoms with Crippen LogP contribution in [0.3, 0.4) is 0 Å². The quantitative estimate of drug-likeness (QED) is 0.879. The number of nitrogens with zero attached hydrogens (tertiary/aromatic N) is 2. The predicted molar refractivity (Wildman–Crippen MR) is 71.4 cm³/mol. The molecule has 1 heterocycles. The fourth-order valence-corrected chi connectivity index (χ4v) is 1.98. The van der Waals surface area contributed by atoms with E-state index in [0.29, 0.717) is 5.82 Å². The van der Waals surface area contributed by atoms with Crippen molar-refractivity contribution >= 4 is 5.82 Å². The van der Waals surface area contributed by atoms with Gasteiger partial charge in [0.1, 0.15) is 5.82 Å². The average molecular weight is 229 g/mol. The molecule has 2 N–H and O–H groups in total. The maximum Gasteiger partial charge on any atom is 0.127 e. The smallest absolute Gasteiger partial charge is 0.127 e. The summed E-state index contributed by atoms with van der Waals surface area (Å²) in [5.41, 5.74) is 10.6. The van der Waals surface area contributed by atoms with E-state index in [-0.39, 0.29) is 0 Å². The molecule has 0 bridgehead atoms. The number of hydrogen-bond donors (Lipinski definition) is 1. The van der Waals surface area contributed by atoms with E-state index in [1.807, 2.05) is 16.8 Å². The molecule has 0 saturated heterocycles. The summed E-state index contributed by atoms with van der Waals surface area (Å²) in [7, 11) is 0. The lowest BCUT2D eigenvalue weighted by Crippen LogP contribution is -2.04. The number of hydrogen-bond acceptors (Lipinski definition) is 2. The lowest BCUT2D eigenvalue weighted by Gasteiger charge is -2.09. The number of aryl methyl sites for hydroxylation is 2. The summed E-state index contributed by atoms with van der Waals surface area (Å²) < 4.78 is 1.84. The van der Waals surface area contributed by atoms with Crippen LogP contribution >= 0.6 is 0 Å². The van der Waals surface area contributed by atoms with Gasteiger partial charge in [-0.1, -0.05) is 25.5 Å². The van der Waals surface area contributed by atoms with E-state index in [4.69, 9.17) is 5.73 Å². The third-order valence-corrected chi connectivity index (χ3v) is 3.10. The summed E-state index contributed by atoms with van der Waals surface area (Å²) in [4.78, 5) is 0. The summed E-state index contributed by atoms with van der Waals surface area (Å²) in [6.07, 6.45) is 2.06. The van der Waals surface area contributed by atoms with Gasteiger partial charge in [-0.3, -0.25) is 0 Å². The molecule has 1 aromatic carbocycles. The monoisotopic (exact) mass is 229 g/mol. The first-order valence-electron chi connectivity index (χ1n) is 6.04. The van der Waals surface area contributed by atoms with Gasteiger partial charge in [0.05, 0.1) is 11.4 Å². The number of nitrogens with two attached hydrogens (primary N) is 1. The topological polar surface area (TPSA) is 43.8 Å². The van der Waals surface area contributed by atoms with Gasteiger partial charge in [0.2, 0.25) is 0 Å². The van der Waals surface area contributed by atoms with Crippen molar-refractivity contribution in [1.82, 2.24) is 9.78 Å². The molecule has 0 amide bonds. The van der Waals surface area contributed by atoms with Crippen molar-refractivity contribution in [3.05, 3.63) is 41.1 Å². The fourth-order valence-electron chi connectivity index (χ4n) is 1.98. The lowest BCUT2D eigenvalue weighted by atomic mass is 10.1. The van der Waals surface area contributed by atoms with E-state index in [0.717, 1.165) is 24.2 Å². The number of aromatic nitrogens is 2. The molecule has 3 heteroatoms. The first-order chi connectivity index (χ1) is 8.13. The molecule has 0 radical (unpaired) electrons. The number of anilines is 1. The Morgan fingerprint density at radius 2 is 2.06 bits per heavy atom. The summed E-state index contributed by atoms with van der Waals surface area (Å²) in [5, 5.41) is 4.56. The molecule has 0 aliphatic rings. The molecule has 17 heavy (non-hydrogen) atoms. The minimum absolute atomic E-state index is 0.710. The summed E-state index contributed by atoms with van der Waals surface area (Å²) in [5.74, 6) is 0.710. The second-order valence-corrected chi connectivity index (χ2v) is 4.44.